The molecule has 1 heterocycles. The molecular weight excluding hydrogens is 290 g/mol. The van der Waals surface area contributed by atoms with Crippen LogP contribution in [0.5, 0.6) is 0 Å². The first-order chi connectivity index (χ1) is 11.2. The normalized spacial score (nSPS) is 10.3. The van der Waals surface area contributed by atoms with E-state index in [-0.39, 0.29) is 12.5 Å². The average Bonchev–Trinajstić information content (AvgIpc) is 3.10. The lowest BCUT2D eigenvalue weighted by Gasteiger charge is -2.10. The van der Waals surface area contributed by atoms with Crippen LogP contribution in [-0.4, -0.2) is 27.2 Å². The molecule has 3 rings (SSSR count). The molecule has 3 aromatic rings. The lowest BCUT2D eigenvalue weighted by atomic mass is 10.2. The number of carbonyl (C=O) groups is 1. The largest absolute Gasteiger partial charge is 0.376 e. The van der Waals surface area contributed by atoms with E-state index < -0.39 is 0 Å². The van der Waals surface area contributed by atoms with Crippen molar-refractivity contribution < 1.29 is 4.79 Å². The Bertz CT molecular complexity index is 781. The third kappa shape index (κ3) is 3.74. The van der Waals surface area contributed by atoms with E-state index in [1.165, 1.54) is 6.33 Å². The van der Waals surface area contributed by atoms with Crippen LogP contribution in [0.25, 0.3) is 5.69 Å². The first-order valence-electron chi connectivity index (χ1n) is 7.27. The number of rotatable bonds is 5. The Hall–Kier alpha value is -3.15. The molecule has 0 bridgehead atoms. The minimum Gasteiger partial charge on any atom is -0.376 e. The van der Waals surface area contributed by atoms with E-state index >= 15 is 0 Å². The second kappa shape index (κ2) is 6.74. The van der Waals surface area contributed by atoms with Crippen LogP contribution < -0.4 is 10.6 Å². The van der Waals surface area contributed by atoms with E-state index in [2.05, 4.69) is 20.7 Å². The van der Waals surface area contributed by atoms with Gasteiger partial charge in [-0.15, -0.1) is 0 Å². The van der Waals surface area contributed by atoms with Gasteiger partial charge in [-0.25, -0.2) is 9.67 Å². The summed E-state index contributed by atoms with van der Waals surface area (Å²) in [5, 5.41) is 10.1. The van der Waals surface area contributed by atoms with Crippen molar-refractivity contribution in [1.82, 2.24) is 14.8 Å². The molecule has 6 nitrogen and oxygen atoms in total. The molecule has 0 unspecified atom stereocenters. The number of carbonyl (C=O) groups excluding carboxylic acids is 1. The number of aromatic nitrogens is 3. The van der Waals surface area contributed by atoms with Crippen LogP contribution >= 0.6 is 0 Å². The zero-order valence-electron chi connectivity index (χ0n) is 12.7. The smallest absolute Gasteiger partial charge is 0.243 e. The summed E-state index contributed by atoms with van der Waals surface area (Å²) in [5.41, 5.74) is 3.66. The number of nitrogens with zero attached hydrogens (tertiary/aromatic N) is 3. The average molecular weight is 307 g/mol. The lowest BCUT2D eigenvalue weighted by molar-refractivity contribution is -0.114. The maximum Gasteiger partial charge on any atom is 0.243 e. The number of nitrogens with one attached hydrogen (secondary N) is 2. The molecule has 1 amide bonds. The van der Waals surface area contributed by atoms with Gasteiger partial charge in [0.05, 0.1) is 12.2 Å². The molecular formula is C17H17N5O. The lowest BCUT2D eigenvalue weighted by Crippen LogP contribution is -2.22. The number of para-hydroxylation sites is 1. The second-order valence-corrected chi connectivity index (χ2v) is 5.10. The zero-order chi connectivity index (χ0) is 16.1. The SMILES string of the molecule is Cc1ccccc1NC(=O)CNc1ccc(-n2cncn2)cc1. The van der Waals surface area contributed by atoms with Crippen LogP contribution in [0.15, 0.2) is 61.2 Å². The summed E-state index contributed by atoms with van der Waals surface area (Å²) >= 11 is 0. The van der Waals surface area contributed by atoms with E-state index in [9.17, 15) is 4.79 Å². The van der Waals surface area contributed by atoms with Crippen molar-refractivity contribution in [2.45, 2.75) is 6.92 Å². The first-order valence-corrected chi connectivity index (χ1v) is 7.27. The highest BCUT2D eigenvalue weighted by Crippen LogP contribution is 2.14. The van der Waals surface area contributed by atoms with Crippen molar-refractivity contribution in [1.29, 1.82) is 0 Å². The molecule has 1 aromatic heterocycles. The minimum absolute atomic E-state index is 0.0837. The van der Waals surface area contributed by atoms with Crippen LogP contribution in [0.4, 0.5) is 11.4 Å². The number of hydrogen-bond acceptors (Lipinski definition) is 4. The van der Waals surface area contributed by atoms with Gasteiger partial charge in [0, 0.05) is 11.4 Å². The maximum atomic E-state index is 12.0. The monoisotopic (exact) mass is 307 g/mol. The highest BCUT2D eigenvalue weighted by molar-refractivity contribution is 5.94. The molecule has 2 aromatic carbocycles. The van der Waals surface area contributed by atoms with E-state index in [0.29, 0.717) is 0 Å². The first kappa shape index (κ1) is 14.8. The molecule has 6 heteroatoms. The predicted molar refractivity (Wildman–Crippen MR) is 89.7 cm³/mol. The summed E-state index contributed by atoms with van der Waals surface area (Å²) in [6, 6.07) is 15.3. The Labute approximate surface area is 134 Å². The Kier molecular flexibility index (Phi) is 4.33. The molecule has 0 saturated heterocycles. The number of amides is 1. The number of anilines is 2. The Morgan fingerprint density at radius 2 is 1.91 bits per heavy atom. The molecule has 0 aliphatic heterocycles. The van der Waals surface area contributed by atoms with Gasteiger partial charge in [0.1, 0.15) is 12.7 Å². The molecule has 0 spiro atoms. The Morgan fingerprint density at radius 3 is 2.61 bits per heavy atom. The molecule has 2 N–H and O–H groups in total. The highest BCUT2D eigenvalue weighted by Gasteiger charge is 2.04. The summed E-state index contributed by atoms with van der Waals surface area (Å²) in [6.45, 7) is 2.17. The van der Waals surface area contributed by atoms with Crippen LogP contribution in [-0.2, 0) is 4.79 Å². The second-order valence-electron chi connectivity index (χ2n) is 5.10. The third-order valence-electron chi connectivity index (χ3n) is 3.42. The van der Waals surface area contributed by atoms with Crippen molar-refractivity contribution in [3.8, 4) is 5.69 Å². The fourth-order valence-electron chi connectivity index (χ4n) is 2.16. The Morgan fingerprint density at radius 1 is 1.13 bits per heavy atom. The molecule has 116 valence electrons. The zero-order valence-corrected chi connectivity index (χ0v) is 12.7. The molecule has 23 heavy (non-hydrogen) atoms. The van der Waals surface area contributed by atoms with Gasteiger partial charge in [0.2, 0.25) is 5.91 Å². The third-order valence-corrected chi connectivity index (χ3v) is 3.42. The van der Waals surface area contributed by atoms with Crippen LogP contribution in [0.2, 0.25) is 0 Å². The summed E-state index contributed by atoms with van der Waals surface area (Å²) in [4.78, 5) is 15.9. The van der Waals surface area contributed by atoms with E-state index in [4.69, 9.17) is 0 Å². The predicted octanol–water partition coefficient (Wildman–Crippen LogP) is 2.63. The fraction of sp³-hybridized carbons (Fsp3) is 0.118. The van der Waals surface area contributed by atoms with Gasteiger partial charge in [0.25, 0.3) is 0 Å². The molecule has 0 fully saturated rings. The molecule has 0 aliphatic carbocycles. The fourth-order valence-corrected chi connectivity index (χ4v) is 2.16. The molecule has 0 aliphatic rings. The topological polar surface area (TPSA) is 71.8 Å². The number of benzene rings is 2. The highest BCUT2D eigenvalue weighted by atomic mass is 16.1. The number of hydrogen-bond donors (Lipinski definition) is 2. The molecule has 0 atom stereocenters. The van der Waals surface area contributed by atoms with Gasteiger partial charge < -0.3 is 10.6 Å². The van der Waals surface area contributed by atoms with Gasteiger partial charge in [-0.3, -0.25) is 4.79 Å². The van der Waals surface area contributed by atoms with E-state index in [1.54, 1.807) is 11.0 Å². The van der Waals surface area contributed by atoms with Crippen molar-refractivity contribution >= 4 is 17.3 Å². The van der Waals surface area contributed by atoms with Crippen molar-refractivity contribution in [3.05, 3.63) is 66.7 Å². The van der Waals surface area contributed by atoms with Gasteiger partial charge in [-0.05, 0) is 42.8 Å². The number of aryl methyl sites for hydroxylation is 1. The minimum atomic E-state index is -0.0837. The summed E-state index contributed by atoms with van der Waals surface area (Å²) in [5.74, 6) is -0.0837. The van der Waals surface area contributed by atoms with Gasteiger partial charge >= 0.3 is 0 Å². The summed E-state index contributed by atoms with van der Waals surface area (Å²) in [6.07, 6.45) is 3.13. The van der Waals surface area contributed by atoms with Crippen molar-refractivity contribution in [3.63, 3.8) is 0 Å². The van der Waals surface area contributed by atoms with Crippen LogP contribution in [0.1, 0.15) is 5.56 Å². The van der Waals surface area contributed by atoms with Gasteiger partial charge in [-0.1, -0.05) is 18.2 Å². The standard InChI is InChI=1S/C17H17N5O/c1-13-4-2-3-5-16(13)21-17(23)10-19-14-6-8-15(9-7-14)22-12-18-11-20-22/h2-9,11-12,19H,10H2,1H3,(H,21,23). The van der Waals surface area contributed by atoms with Crippen LogP contribution in [0, 0.1) is 6.92 Å². The maximum absolute atomic E-state index is 12.0. The van der Waals surface area contributed by atoms with Gasteiger partial charge in [0.15, 0.2) is 0 Å². The van der Waals surface area contributed by atoms with E-state index in [1.807, 2.05) is 55.5 Å². The van der Waals surface area contributed by atoms with E-state index in [0.717, 1.165) is 22.6 Å². The van der Waals surface area contributed by atoms with Crippen molar-refractivity contribution in [2.75, 3.05) is 17.2 Å². The van der Waals surface area contributed by atoms with Crippen molar-refractivity contribution in [2.24, 2.45) is 0 Å². The van der Waals surface area contributed by atoms with Crippen LogP contribution in [0.3, 0.4) is 0 Å². The quantitative estimate of drug-likeness (QED) is 0.760. The Balaban J connectivity index is 1.56. The summed E-state index contributed by atoms with van der Waals surface area (Å²) in [7, 11) is 0. The van der Waals surface area contributed by atoms with Gasteiger partial charge in [-0.2, -0.15) is 5.10 Å². The molecule has 0 radical (unpaired) electrons. The molecule has 0 saturated carbocycles. The summed E-state index contributed by atoms with van der Waals surface area (Å²) < 4.78 is 1.68.